The van der Waals surface area contributed by atoms with Gasteiger partial charge in [0.15, 0.2) is 10.7 Å². The molecular formula is C18H14Cl3N3O3S. The summed E-state index contributed by atoms with van der Waals surface area (Å²) in [5.41, 5.74) is 2.63. The number of benzene rings is 2. The summed E-state index contributed by atoms with van der Waals surface area (Å²) in [6.45, 7) is 2.52. The summed E-state index contributed by atoms with van der Waals surface area (Å²) in [5.74, 6) is 0.400. The highest BCUT2D eigenvalue weighted by atomic mass is 35.6. The number of hydrogen-bond acceptors (Lipinski definition) is 5. The molecule has 6 nitrogen and oxygen atoms in total. The van der Waals surface area contributed by atoms with E-state index in [0.717, 1.165) is 11.3 Å². The highest BCUT2D eigenvalue weighted by Crippen LogP contribution is 2.28. The zero-order chi connectivity index (χ0) is 20.3. The topological polar surface area (TPSA) is 76.4 Å². The van der Waals surface area contributed by atoms with Gasteiger partial charge in [-0.25, -0.2) is 4.98 Å². The van der Waals surface area contributed by atoms with Gasteiger partial charge in [-0.15, -0.1) is 0 Å². The Kier molecular flexibility index (Phi) is 6.30. The maximum Gasteiger partial charge on any atom is 0.278 e. The van der Waals surface area contributed by atoms with E-state index in [1.54, 1.807) is 18.2 Å². The molecule has 0 fully saturated rings. The van der Waals surface area contributed by atoms with E-state index >= 15 is 0 Å². The molecule has 0 unspecified atom stereocenters. The Morgan fingerprint density at radius 2 is 1.93 bits per heavy atom. The number of aromatic nitrogens is 1. The molecule has 1 aromatic heterocycles. The number of thiocarbonyl (C=S) groups is 1. The first-order valence-corrected chi connectivity index (χ1v) is 9.63. The van der Waals surface area contributed by atoms with Crippen molar-refractivity contribution < 1.29 is 13.9 Å². The number of fused-ring (bicyclic) bond motifs is 1. The van der Waals surface area contributed by atoms with Gasteiger partial charge in [0.05, 0.1) is 6.61 Å². The summed E-state index contributed by atoms with van der Waals surface area (Å²) < 4.78 is 9.12. The van der Waals surface area contributed by atoms with E-state index in [9.17, 15) is 4.79 Å². The van der Waals surface area contributed by atoms with Crippen LogP contribution in [0.1, 0.15) is 6.92 Å². The minimum Gasteiger partial charge on any atom is -0.494 e. The van der Waals surface area contributed by atoms with Crippen LogP contribution in [0.25, 0.3) is 22.6 Å². The lowest BCUT2D eigenvalue weighted by molar-refractivity contribution is -0.118. The molecular weight excluding hydrogens is 445 g/mol. The summed E-state index contributed by atoms with van der Waals surface area (Å²) in [6.07, 6.45) is 0. The highest BCUT2D eigenvalue weighted by molar-refractivity contribution is 7.80. The van der Waals surface area contributed by atoms with Crippen LogP contribution in [0.3, 0.4) is 0 Å². The fraction of sp³-hybridized carbons (Fsp3) is 0.167. The highest BCUT2D eigenvalue weighted by Gasteiger charge is 2.31. The molecule has 2 N–H and O–H groups in total. The number of nitrogens with one attached hydrogen (secondary N) is 2. The van der Waals surface area contributed by atoms with E-state index < -0.39 is 9.70 Å². The number of hydrogen-bond donors (Lipinski definition) is 2. The number of rotatable bonds is 4. The molecule has 10 heteroatoms. The van der Waals surface area contributed by atoms with Crippen molar-refractivity contribution >= 4 is 74.8 Å². The average Bonchev–Trinajstić information content (AvgIpc) is 3.05. The zero-order valence-electron chi connectivity index (χ0n) is 14.5. The van der Waals surface area contributed by atoms with Gasteiger partial charge in [-0.05, 0) is 61.6 Å². The van der Waals surface area contributed by atoms with Crippen molar-refractivity contribution in [3.8, 4) is 17.2 Å². The normalized spacial score (nSPS) is 11.3. The number of carbonyl (C=O) groups excluding carboxylic acids is 1. The van der Waals surface area contributed by atoms with E-state index in [1.165, 1.54) is 0 Å². The van der Waals surface area contributed by atoms with E-state index in [1.807, 2.05) is 31.2 Å². The Morgan fingerprint density at radius 3 is 2.57 bits per heavy atom. The number of carbonyl (C=O) groups is 1. The maximum absolute atomic E-state index is 11.6. The molecule has 1 amide bonds. The monoisotopic (exact) mass is 457 g/mol. The molecule has 0 saturated carbocycles. The van der Waals surface area contributed by atoms with Crippen LogP contribution in [0, 0.1) is 0 Å². The number of alkyl halides is 3. The maximum atomic E-state index is 11.6. The fourth-order valence-corrected chi connectivity index (χ4v) is 2.68. The van der Waals surface area contributed by atoms with Crippen molar-refractivity contribution in [3.63, 3.8) is 0 Å². The van der Waals surface area contributed by atoms with Crippen molar-refractivity contribution in [2.75, 3.05) is 11.9 Å². The first-order valence-electron chi connectivity index (χ1n) is 8.09. The smallest absolute Gasteiger partial charge is 0.278 e. The molecule has 2 aromatic carbocycles. The molecule has 146 valence electrons. The third kappa shape index (κ3) is 5.05. The molecule has 3 aromatic rings. The molecule has 0 aliphatic carbocycles. The molecule has 0 bridgehead atoms. The van der Waals surface area contributed by atoms with Crippen molar-refractivity contribution in [1.29, 1.82) is 0 Å². The Morgan fingerprint density at radius 1 is 1.21 bits per heavy atom. The SMILES string of the molecule is CCOc1ccc(-c2nc3cc(NC(=S)NC(=O)C(Cl)(Cl)Cl)ccc3o2)cc1. The third-order valence-corrected chi connectivity index (χ3v) is 4.26. The lowest BCUT2D eigenvalue weighted by atomic mass is 10.2. The number of anilines is 1. The van der Waals surface area contributed by atoms with E-state index in [4.69, 9.17) is 56.2 Å². The second-order valence-corrected chi connectivity index (χ2v) is 8.25. The van der Waals surface area contributed by atoms with Gasteiger partial charge in [0.25, 0.3) is 9.70 Å². The predicted molar refractivity (Wildman–Crippen MR) is 115 cm³/mol. The molecule has 0 radical (unpaired) electrons. The van der Waals surface area contributed by atoms with E-state index in [0.29, 0.717) is 29.3 Å². The fourth-order valence-electron chi connectivity index (χ4n) is 2.33. The number of oxazole rings is 1. The molecule has 0 saturated heterocycles. The molecule has 0 aliphatic heterocycles. The van der Waals surface area contributed by atoms with Crippen molar-refractivity contribution in [1.82, 2.24) is 10.3 Å². The summed E-state index contributed by atoms with van der Waals surface area (Å²) in [5, 5.41) is 5.12. The van der Waals surface area contributed by atoms with Crippen LogP contribution in [0.5, 0.6) is 5.75 Å². The third-order valence-electron chi connectivity index (χ3n) is 3.54. The lowest BCUT2D eigenvalue weighted by Crippen LogP contribution is -2.41. The lowest BCUT2D eigenvalue weighted by Gasteiger charge is -2.13. The van der Waals surface area contributed by atoms with Gasteiger partial charge in [-0.3, -0.25) is 10.1 Å². The van der Waals surface area contributed by atoms with Crippen molar-refractivity contribution in [2.24, 2.45) is 0 Å². The van der Waals surface area contributed by atoms with E-state index in [-0.39, 0.29) is 5.11 Å². The van der Waals surface area contributed by atoms with Crippen molar-refractivity contribution in [2.45, 2.75) is 10.7 Å². The van der Waals surface area contributed by atoms with Gasteiger partial charge >= 0.3 is 0 Å². The Hall–Kier alpha value is -2.06. The van der Waals surface area contributed by atoms with Gasteiger partial charge in [-0.2, -0.15) is 0 Å². The van der Waals surface area contributed by atoms with Gasteiger partial charge in [0, 0.05) is 11.3 Å². The molecule has 0 spiro atoms. The molecule has 0 atom stereocenters. The van der Waals surface area contributed by atoms with Gasteiger partial charge in [0.2, 0.25) is 5.89 Å². The minimum atomic E-state index is -2.10. The minimum absolute atomic E-state index is 0.00842. The van der Waals surface area contributed by atoms with Crippen LogP contribution in [0.2, 0.25) is 0 Å². The van der Waals surface area contributed by atoms with Crippen LogP contribution in [0.15, 0.2) is 46.9 Å². The van der Waals surface area contributed by atoms with E-state index in [2.05, 4.69) is 15.6 Å². The van der Waals surface area contributed by atoms with Crippen molar-refractivity contribution in [3.05, 3.63) is 42.5 Å². The predicted octanol–water partition coefficient (Wildman–Crippen LogP) is 5.08. The van der Waals surface area contributed by atoms with Gasteiger partial charge < -0.3 is 14.5 Å². The summed E-state index contributed by atoms with van der Waals surface area (Å²) in [7, 11) is 0. The van der Waals surface area contributed by atoms with Crippen LogP contribution in [-0.2, 0) is 4.79 Å². The zero-order valence-corrected chi connectivity index (χ0v) is 17.5. The average molecular weight is 459 g/mol. The largest absolute Gasteiger partial charge is 0.494 e. The summed E-state index contributed by atoms with van der Waals surface area (Å²) >= 11 is 21.5. The van der Waals surface area contributed by atoms with Crippen LogP contribution < -0.4 is 15.4 Å². The second kappa shape index (κ2) is 8.53. The Balaban J connectivity index is 1.75. The van der Waals surface area contributed by atoms with Crippen LogP contribution >= 0.6 is 47.0 Å². The standard InChI is InChI=1S/C18H14Cl3N3O3S/c1-2-26-12-6-3-10(4-7-12)15-23-13-9-11(5-8-14(13)27-15)22-17(28)24-16(25)18(19,20)21/h3-9H,2H2,1H3,(H2,22,24,25,28). The molecule has 1 heterocycles. The number of ether oxygens (including phenoxy) is 1. The molecule has 3 rings (SSSR count). The number of halogens is 3. The first-order chi connectivity index (χ1) is 13.3. The van der Waals surface area contributed by atoms with Crippen LogP contribution in [0.4, 0.5) is 5.69 Å². The summed E-state index contributed by atoms with van der Waals surface area (Å²) in [6, 6.07) is 12.6. The quantitative estimate of drug-likeness (QED) is 0.419. The van der Waals surface area contributed by atoms with Crippen LogP contribution in [-0.4, -0.2) is 26.4 Å². The number of nitrogens with zero attached hydrogens (tertiary/aromatic N) is 1. The number of amides is 1. The Labute approximate surface area is 181 Å². The van der Waals surface area contributed by atoms with Gasteiger partial charge in [0.1, 0.15) is 11.3 Å². The first kappa shape index (κ1) is 20.7. The second-order valence-electron chi connectivity index (χ2n) is 5.56. The summed E-state index contributed by atoms with van der Waals surface area (Å²) in [4.78, 5) is 16.1. The van der Waals surface area contributed by atoms with Gasteiger partial charge in [-0.1, -0.05) is 34.8 Å². The molecule has 0 aliphatic rings. The Bertz CT molecular complexity index is 1020. The molecule has 28 heavy (non-hydrogen) atoms.